The summed E-state index contributed by atoms with van der Waals surface area (Å²) in [6.07, 6.45) is 3.36. The first-order valence-electron chi connectivity index (χ1n) is 15.5. The smallest absolute Gasteiger partial charge is 0.131 e. The second-order valence-corrected chi connectivity index (χ2v) is 13.9. The molecule has 0 aliphatic carbocycles. The maximum atomic E-state index is 6.48. The van der Waals surface area contributed by atoms with E-state index in [0.717, 1.165) is 53.6 Å². The number of ether oxygens (including phenoxy) is 2. The number of aryl methyl sites for hydroxylation is 2. The molecular formula is C39H50N2O2. The van der Waals surface area contributed by atoms with E-state index < -0.39 is 0 Å². The molecule has 4 nitrogen and oxygen atoms in total. The lowest BCUT2D eigenvalue weighted by atomic mass is 9.76. The summed E-state index contributed by atoms with van der Waals surface area (Å²) < 4.78 is 13.0. The monoisotopic (exact) mass is 578 g/mol. The van der Waals surface area contributed by atoms with E-state index in [-0.39, 0.29) is 16.7 Å². The highest BCUT2D eigenvalue weighted by Crippen LogP contribution is 2.44. The van der Waals surface area contributed by atoms with Gasteiger partial charge in [-0.25, -0.2) is 0 Å². The highest BCUT2D eigenvalue weighted by atomic mass is 16.5. The first-order chi connectivity index (χ1) is 20.2. The average molecular weight is 579 g/mol. The molecule has 0 aliphatic rings. The lowest BCUT2D eigenvalue weighted by molar-refractivity contribution is 0.453. The van der Waals surface area contributed by atoms with Gasteiger partial charge in [0.05, 0.1) is 0 Å². The molecule has 0 fully saturated rings. The molecule has 4 N–H and O–H groups in total. The van der Waals surface area contributed by atoms with Crippen molar-refractivity contribution in [3.63, 3.8) is 0 Å². The van der Waals surface area contributed by atoms with Gasteiger partial charge in [0, 0.05) is 28.4 Å². The number of anilines is 2. The molecule has 4 aromatic rings. The molecule has 0 aliphatic heterocycles. The molecule has 0 unspecified atom stereocenters. The third kappa shape index (κ3) is 7.73. The minimum Gasteiger partial charge on any atom is -0.457 e. The van der Waals surface area contributed by atoms with E-state index in [4.69, 9.17) is 20.9 Å². The SMILES string of the molecule is CCCCC(c1cc(C(C)(C)C)c(Oc2ccc(N)cc2)cc1C)c1cc(C(C)(C)C)c(Oc2ccc(N)cc2)cc1C. The van der Waals surface area contributed by atoms with E-state index in [0.29, 0.717) is 0 Å². The minimum absolute atomic E-state index is 0.108. The van der Waals surface area contributed by atoms with Crippen molar-refractivity contribution in [3.8, 4) is 23.0 Å². The van der Waals surface area contributed by atoms with Crippen LogP contribution in [-0.2, 0) is 10.8 Å². The lowest BCUT2D eigenvalue weighted by Gasteiger charge is -2.30. The fourth-order valence-corrected chi connectivity index (χ4v) is 5.70. The van der Waals surface area contributed by atoms with Gasteiger partial charge in [-0.2, -0.15) is 0 Å². The Morgan fingerprint density at radius 1 is 0.605 bits per heavy atom. The molecule has 0 amide bonds. The van der Waals surface area contributed by atoms with Gasteiger partial charge in [-0.15, -0.1) is 0 Å². The summed E-state index contributed by atoms with van der Waals surface area (Å²) >= 11 is 0. The van der Waals surface area contributed by atoms with Crippen molar-refractivity contribution in [2.45, 2.75) is 98.3 Å². The molecule has 0 saturated heterocycles. The number of nitrogens with two attached hydrogens (primary N) is 2. The second-order valence-electron chi connectivity index (χ2n) is 13.9. The van der Waals surface area contributed by atoms with Gasteiger partial charge in [-0.1, -0.05) is 73.4 Å². The van der Waals surface area contributed by atoms with Gasteiger partial charge in [0.2, 0.25) is 0 Å². The van der Waals surface area contributed by atoms with Crippen LogP contribution in [0.5, 0.6) is 23.0 Å². The van der Waals surface area contributed by atoms with Gasteiger partial charge in [0.1, 0.15) is 23.0 Å². The maximum Gasteiger partial charge on any atom is 0.131 e. The summed E-state index contributed by atoms with van der Waals surface area (Å²) in [6, 6.07) is 24.5. The highest BCUT2D eigenvalue weighted by molar-refractivity contribution is 5.55. The van der Waals surface area contributed by atoms with Crippen molar-refractivity contribution in [2.24, 2.45) is 0 Å². The van der Waals surface area contributed by atoms with E-state index >= 15 is 0 Å². The predicted molar refractivity (Wildman–Crippen MR) is 183 cm³/mol. The fourth-order valence-electron chi connectivity index (χ4n) is 5.70. The van der Waals surface area contributed by atoms with Crippen molar-refractivity contribution in [1.29, 1.82) is 0 Å². The molecule has 0 atom stereocenters. The minimum atomic E-state index is -0.108. The molecule has 0 aromatic heterocycles. The number of rotatable bonds is 9. The zero-order chi connectivity index (χ0) is 31.5. The zero-order valence-corrected chi connectivity index (χ0v) is 27.6. The number of hydrogen-bond acceptors (Lipinski definition) is 4. The Bertz CT molecular complexity index is 1420. The molecule has 0 heterocycles. The topological polar surface area (TPSA) is 70.5 Å². The summed E-state index contributed by atoms with van der Waals surface area (Å²) in [5.41, 5.74) is 20.7. The van der Waals surface area contributed by atoms with Gasteiger partial charge in [0.15, 0.2) is 0 Å². The van der Waals surface area contributed by atoms with Crippen LogP contribution in [0.2, 0.25) is 0 Å². The Kier molecular flexibility index (Phi) is 9.49. The Balaban J connectivity index is 1.85. The summed E-state index contributed by atoms with van der Waals surface area (Å²) in [5.74, 6) is 3.62. The summed E-state index contributed by atoms with van der Waals surface area (Å²) in [4.78, 5) is 0. The molecule has 0 radical (unpaired) electrons. The lowest BCUT2D eigenvalue weighted by Crippen LogP contribution is -2.17. The number of hydrogen-bond donors (Lipinski definition) is 2. The van der Waals surface area contributed by atoms with E-state index in [1.54, 1.807) is 0 Å². The Labute approximate surface area is 259 Å². The van der Waals surface area contributed by atoms with Crippen LogP contribution in [0.3, 0.4) is 0 Å². The van der Waals surface area contributed by atoms with Crippen LogP contribution in [0.25, 0.3) is 0 Å². The third-order valence-corrected chi connectivity index (χ3v) is 8.17. The molecular weight excluding hydrogens is 528 g/mol. The third-order valence-electron chi connectivity index (χ3n) is 8.17. The van der Waals surface area contributed by atoms with Crippen molar-refractivity contribution < 1.29 is 9.47 Å². The van der Waals surface area contributed by atoms with Crippen molar-refractivity contribution in [1.82, 2.24) is 0 Å². The molecule has 228 valence electrons. The van der Waals surface area contributed by atoms with E-state index in [2.05, 4.69) is 86.6 Å². The van der Waals surface area contributed by atoms with Crippen LogP contribution in [0.4, 0.5) is 11.4 Å². The molecule has 43 heavy (non-hydrogen) atoms. The van der Waals surface area contributed by atoms with E-state index in [9.17, 15) is 0 Å². The Morgan fingerprint density at radius 3 is 1.30 bits per heavy atom. The van der Waals surface area contributed by atoms with Crippen molar-refractivity contribution in [3.05, 3.63) is 106 Å². The maximum absolute atomic E-state index is 6.48. The van der Waals surface area contributed by atoms with Crippen LogP contribution >= 0.6 is 0 Å². The van der Waals surface area contributed by atoms with Gasteiger partial charge < -0.3 is 20.9 Å². The largest absolute Gasteiger partial charge is 0.457 e. The van der Waals surface area contributed by atoms with Crippen LogP contribution in [0, 0.1) is 13.8 Å². The summed E-state index contributed by atoms with van der Waals surface area (Å²) in [5, 5.41) is 0. The molecule has 0 spiro atoms. The van der Waals surface area contributed by atoms with Crippen LogP contribution in [0.15, 0.2) is 72.8 Å². The zero-order valence-electron chi connectivity index (χ0n) is 27.6. The average Bonchev–Trinajstić information content (AvgIpc) is 2.91. The highest BCUT2D eigenvalue weighted by Gasteiger charge is 2.28. The van der Waals surface area contributed by atoms with E-state index in [1.807, 2.05) is 48.5 Å². The molecule has 4 heteroatoms. The van der Waals surface area contributed by atoms with E-state index in [1.165, 1.54) is 33.4 Å². The Hall–Kier alpha value is -3.92. The van der Waals surface area contributed by atoms with Gasteiger partial charge in [-0.3, -0.25) is 0 Å². The fraction of sp³-hybridized carbons (Fsp3) is 0.385. The standard InChI is InChI=1S/C39H50N2O2/c1-10-11-12-31(32-23-34(38(4,5)6)36(21-25(32)2)42-29-17-13-27(40)14-18-29)33-24-35(39(7,8)9)37(22-26(33)3)43-30-19-15-28(41)16-20-30/h13-24,31H,10-12,40-41H2,1-9H3. The van der Waals surface area contributed by atoms with Gasteiger partial charge in [-0.05, 0) is 114 Å². The summed E-state index contributed by atoms with van der Waals surface area (Å²) in [7, 11) is 0. The van der Waals surface area contributed by atoms with Crippen LogP contribution in [-0.4, -0.2) is 0 Å². The van der Waals surface area contributed by atoms with Gasteiger partial charge in [0.25, 0.3) is 0 Å². The summed E-state index contributed by atoms with van der Waals surface area (Å²) in [6.45, 7) is 20.2. The molecule has 4 rings (SSSR count). The quantitative estimate of drug-likeness (QED) is 0.194. The predicted octanol–water partition coefficient (Wildman–Crippen LogP) is 11.0. The van der Waals surface area contributed by atoms with Crippen LogP contribution in [0.1, 0.15) is 107 Å². The van der Waals surface area contributed by atoms with Gasteiger partial charge >= 0.3 is 0 Å². The second kappa shape index (κ2) is 12.8. The first kappa shape index (κ1) is 32.0. The molecule has 4 aromatic carbocycles. The first-order valence-corrected chi connectivity index (χ1v) is 15.5. The number of unbranched alkanes of at least 4 members (excludes halogenated alkanes) is 1. The number of nitrogen functional groups attached to an aromatic ring is 2. The van der Waals surface area contributed by atoms with Crippen molar-refractivity contribution >= 4 is 11.4 Å². The number of benzene rings is 4. The molecule has 0 saturated carbocycles. The van der Waals surface area contributed by atoms with Crippen LogP contribution < -0.4 is 20.9 Å². The Morgan fingerprint density at radius 2 is 0.977 bits per heavy atom. The normalized spacial score (nSPS) is 12.0. The molecule has 0 bridgehead atoms. The van der Waals surface area contributed by atoms with Crippen molar-refractivity contribution in [2.75, 3.05) is 11.5 Å².